The number of nitrogens with one attached hydrogen (secondary N) is 1. The lowest BCUT2D eigenvalue weighted by molar-refractivity contribution is 0.382. The molecule has 1 aliphatic rings. The second-order valence-electron chi connectivity index (χ2n) is 7.13. The summed E-state index contributed by atoms with van der Waals surface area (Å²) in [7, 11) is -2.01. The van der Waals surface area contributed by atoms with Gasteiger partial charge in [0.1, 0.15) is 11.6 Å². The summed E-state index contributed by atoms with van der Waals surface area (Å²) in [6.07, 6.45) is 3.43. The summed E-state index contributed by atoms with van der Waals surface area (Å²) < 4.78 is 32.5. The van der Waals surface area contributed by atoms with Gasteiger partial charge in [-0.1, -0.05) is 0 Å². The van der Waals surface area contributed by atoms with Gasteiger partial charge in [-0.3, -0.25) is 4.98 Å². The average Bonchev–Trinajstić information content (AvgIpc) is 2.79. The third-order valence-corrected chi connectivity index (χ3v) is 6.91. The Morgan fingerprint density at radius 2 is 1.77 bits per heavy atom. The molecule has 3 aromatic rings. The summed E-state index contributed by atoms with van der Waals surface area (Å²) in [5, 5.41) is 3.23. The number of pyridine rings is 1. The number of aromatic nitrogens is 3. The van der Waals surface area contributed by atoms with Gasteiger partial charge in [0.05, 0.1) is 23.9 Å². The van der Waals surface area contributed by atoms with Crippen molar-refractivity contribution < 1.29 is 13.2 Å². The fraction of sp³-hybridized carbons (Fsp3) is 0.286. The van der Waals surface area contributed by atoms with Gasteiger partial charge < -0.3 is 15.0 Å². The number of sulfonamides is 1. The third kappa shape index (κ3) is 4.75. The lowest BCUT2D eigenvalue weighted by atomic mass is 10.3. The third-order valence-electron chi connectivity index (χ3n) is 5.00. The fourth-order valence-electron chi connectivity index (χ4n) is 3.37. The molecule has 1 aliphatic heterocycles. The molecule has 0 spiro atoms. The van der Waals surface area contributed by atoms with Crippen LogP contribution >= 0.6 is 0 Å². The molecule has 0 unspecified atom stereocenters. The smallest absolute Gasteiger partial charge is 0.243 e. The Kier molecular flexibility index (Phi) is 6.01. The molecule has 1 aromatic carbocycles. The van der Waals surface area contributed by atoms with Crippen LogP contribution in [0.2, 0.25) is 0 Å². The summed E-state index contributed by atoms with van der Waals surface area (Å²) >= 11 is 0. The first kappa shape index (κ1) is 21.0. The van der Waals surface area contributed by atoms with Gasteiger partial charge in [-0.05, 0) is 43.3 Å². The highest BCUT2D eigenvalue weighted by molar-refractivity contribution is 7.89. The van der Waals surface area contributed by atoms with Crippen LogP contribution in [-0.4, -0.2) is 61.0 Å². The molecule has 0 bridgehead atoms. The zero-order chi connectivity index (χ0) is 21.8. The molecule has 0 aliphatic carbocycles. The van der Waals surface area contributed by atoms with Crippen molar-refractivity contribution in [2.24, 2.45) is 0 Å². The second kappa shape index (κ2) is 8.86. The molecule has 3 heterocycles. The number of benzene rings is 1. The van der Waals surface area contributed by atoms with Crippen LogP contribution in [0.25, 0.3) is 0 Å². The molecule has 1 N–H and O–H groups in total. The molecule has 162 valence electrons. The maximum atomic E-state index is 13.0. The number of piperazine rings is 1. The van der Waals surface area contributed by atoms with Crippen LogP contribution < -0.4 is 15.0 Å². The van der Waals surface area contributed by atoms with Crippen molar-refractivity contribution in [2.75, 3.05) is 43.5 Å². The first-order valence-electron chi connectivity index (χ1n) is 9.87. The molecule has 0 amide bonds. The molecular weight excluding hydrogens is 416 g/mol. The maximum Gasteiger partial charge on any atom is 0.243 e. The van der Waals surface area contributed by atoms with Gasteiger partial charge in [-0.15, -0.1) is 0 Å². The Morgan fingerprint density at radius 3 is 2.42 bits per heavy atom. The lowest BCUT2D eigenvalue weighted by Gasteiger charge is -2.34. The first-order chi connectivity index (χ1) is 15.0. The molecular formula is C21H24N6O3S. The minimum Gasteiger partial charge on any atom is -0.497 e. The van der Waals surface area contributed by atoms with E-state index >= 15 is 0 Å². The van der Waals surface area contributed by atoms with E-state index in [0.717, 1.165) is 11.4 Å². The highest BCUT2D eigenvalue weighted by Gasteiger charge is 2.29. The fourth-order valence-corrected chi connectivity index (χ4v) is 4.79. The summed E-state index contributed by atoms with van der Waals surface area (Å²) in [5.74, 6) is 1.87. The highest BCUT2D eigenvalue weighted by Crippen LogP contribution is 2.23. The predicted molar refractivity (Wildman–Crippen MR) is 118 cm³/mol. The van der Waals surface area contributed by atoms with Crippen LogP contribution in [0.15, 0.2) is 59.8 Å². The van der Waals surface area contributed by atoms with Crippen molar-refractivity contribution >= 4 is 27.5 Å². The first-order valence-corrected chi connectivity index (χ1v) is 11.3. The van der Waals surface area contributed by atoms with Crippen molar-refractivity contribution in [1.82, 2.24) is 19.3 Å². The molecule has 2 aromatic heterocycles. The molecule has 0 radical (unpaired) electrons. The standard InChI is InChI=1S/C21H24N6O3S/c1-16-14-20(24-17-4-3-9-22-15-17)25-21(23-16)26-10-12-27(13-11-26)31(28,29)19-7-5-18(30-2)6-8-19/h3-9,14-15H,10-13H2,1-2H3,(H,23,24,25). The van der Waals surface area contributed by atoms with Crippen LogP contribution in [0.4, 0.5) is 17.5 Å². The summed E-state index contributed by atoms with van der Waals surface area (Å²) in [6, 6.07) is 12.1. The number of nitrogens with zero attached hydrogens (tertiary/aromatic N) is 5. The van der Waals surface area contributed by atoms with Gasteiger partial charge in [-0.2, -0.15) is 9.29 Å². The van der Waals surface area contributed by atoms with Crippen molar-refractivity contribution in [3.63, 3.8) is 0 Å². The minimum atomic E-state index is -3.56. The molecule has 4 rings (SSSR count). The van der Waals surface area contributed by atoms with E-state index in [1.807, 2.05) is 30.0 Å². The molecule has 0 saturated carbocycles. The van der Waals surface area contributed by atoms with E-state index in [1.165, 1.54) is 4.31 Å². The van der Waals surface area contributed by atoms with Crippen molar-refractivity contribution in [3.8, 4) is 5.75 Å². The molecule has 10 heteroatoms. The predicted octanol–water partition coefficient (Wildman–Crippen LogP) is 2.44. The van der Waals surface area contributed by atoms with Gasteiger partial charge in [0, 0.05) is 44.1 Å². The number of hydrogen-bond acceptors (Lipinski definition) is 8. The number of methoxy groups -OCH3 is 1. The van der Waals surface area contributed by atoms with E-state index in [1.54, 1.807) is 43.8 Å². The van der Waals surface area contributed by atoms with E-state index in [9.17, 15) is 8.42 Å². The number of hydrogen-bond donors (Lipinski definition) is 1. The molecule has 1 saturated heterocycles. The molecule has 9 nitrogen and oxygen atoms in total. The summed E-state index contributed by atoms with van der Waals surface area (Å²) in [6.45, 7) is 3.63. The van der Waals surface area contributed by atoms with Crippen LogP contribution in [0.1, 0.15) is 5.69 Å². The van der Waals surface area contributed by atoms with Crippen molar-refractivity contribution in [2.45, 2.75) is 11.8 Å². The Bertz CT molecular complexity index is 1130. The normalized spacial score (nSPS) is 15.0. The van der Waals surface area contributed by atoms with E-state index in [2.05, 4.69) is 20.3 Å². The lowest BCUT2D eigenvalue weighted by Crippen LogP contribution is -2.49. The van der Waals surface area contributed by atoms with Crippen LogP contribution in [0.5, 0.6) is 5.75 Å². The van der Waals surface area contributed by atoms with Gasteiger partial charge in [0.25, 0.3) is 0 Å². The van der Waals surface area contributed by atoms with Crippen molar-refractivity contribution in [3.05, 3.63) is 60.6 Å². The number of rotatable bonds is 6. The van der Waals surface area contributed by atoms with Gasteiger partial charge in [0.15, 0.2) is 0 Å². The van der Waals surface area contributed by atoms with Crippen LogP contribution in [-0.2, 0) is 10.0 Å². The largest absolute Gasteiger partial charge is 0.497 e. The van der Waals surface area contributed by atoms with Gasteiger partial charge in [-0.25, -0.2) is 13.4 Å². The minimum absolute atomic E-state index is 0.261. The second-order valence-corrected chi connectivity index (χ2v) is 9.07. The van der Waals surface area contributed by atoms with E-state index < -0.39 is 10.0 Å². The Balaban J connectivity index is 1.45. The zero-order valence-electron chi connectivity index (χ0n) is 17.4. The number of aryl methyl sites for hydroxylation is 1. The van der Waals surface area contributed by atoms with Crippen LogP contribution in [0, 0.1) is 6.92 Å². The SMILES string of the molecule is COc1ccc(S(=O)(=O)N2CCN(c3nc(C)cc(Nc4cccnc4)n3)CC2)cc1. The topological polar surface area (TPSA) is 101 Å². The number of ether oxygens (including phenoxy) is 1. The summed E-state index contributed by atoms with van der Waals surface area (Å²) in [4.78, 5) is 15.5. The van der Waals surface area contributed by atoms with Gasteiger partial charge >= 0.3 is 0 Å². The van der Waals surface area contributed by atoms with Gasteiger partial charge in [0.2, 0.25) is 16.0 Å². The number of anilines is 3. The molecule has 1 fully saturated rings. The highest BCUT2D eigenvalue weighted by atomic mass is 32.2. The monoisotopic (exact) mass is 440 g/mol. The molecule has 31 heavy (non-hydrogen) atoms. The Morgan fingerprint density at radius 1 is 1.03 bits per heavy atom. The quantitative estimate of drug-likeness (QED) is 0.624. The van der Waals surface area contributed by atoms with E-state index in [4.69, 9.17) is 4.74 Å². The van der Waals surface area contributed by atoms with E-state index in [-0.39, 0.29) is 4.90 Å². The zero-order valence-corrected chi connectivity index (χ0v) is 18.2. The summed E-state index contributed by atoms with van der Waals surface area (Å²) in [5.41, 5.74) is 1.66. The average molecular weight is 441 g/mol. The van der Waals surface area contributed by atoms with Crippen LogP contribution in [0.3, 0.4) is 0 Å². The maximum absolute atomic E-state index is 13.0. The Labute approximate surface area is 181 Å². The van der Waals surface area contributed by atoms with Crippen molar-refractivity contribution in [1.29, 1.82) is 0 Å². The van der Waals surface area contributed by atoms with E-state index in [0.29, 0.717) is 43.7 Å². The molecule has 0 atom stereocenters. The Hall–Kier alpha value is -3.24.